The topological polar surface area (TPSA) is 86.7 Å². The van der Waals surface area contributed by atoms with Crippen molar-refractivity contribution in [2.24, 2.45) is 0 Å². The van der Waals surface area contributed by atoms with Crippen LogP contribution in [0.15, 0.2) is 46.2 Å². The largest absolute Gasteiger partial charge is 0.426 e. The molecular weight excluding hydrogens is 344 g/mol. The summed E-state index contributed by atoms with van der Waals surface area (Å²) in [6.07, 6.45) is 0. The minimum absolute atomic E-state index is 0.0838. The summed E-state index contributed by atoms with van der Waals surface area (Å²) in [5.41, 5.74) is 1.06. The summed E-state index contributed by atoms with van der Waals surface area (Å²) in [4.78, 5) is 22.2. The summed E-state index contributed by atoms with van der Waals surface area (Å²) in [6.45, 7) is 5.87. The van der Waals surface area contributed by atoms with Gasteiger partial charge >= 0.3 is 11.9 Å². The van der Waals surface area contributed by atoms with E-state index in [1.54, 1.807) is 13.8 Å². The molecule has 0 aliphatic carbocycles. The highest BCUT2D eigenvalue weighted by molar-refractivity contribution is 7.91. The fourth-order valence-electron chi connectivity index (χ4n) is 2.25. The first-order valence-electron chi connectivity index (χ1n) is 7.44. The lowest BCUT2D eigenvalue weighted by molar-refractivity contribution is -0.132. The van der Waals surface area contributed by atoms with Crippen LogP contribution in [0.3, 0.4) is 0 Å². The molecule has 0 fully saturated rings. The number of hydrogen-bond acceptors (Lipinski definition) is 6. The van der Waals surface area contributed by atoms with Gasteiger partial charge in [-0.2, -0.15) is 0 Å². The number of aryl methyl sites for hydroxylation is 2. The molecular formula is C18H18O6S. The SMILES string of the molecule is CC(=O)Oc1ccc(S(=O)(=O)c2ccc(OC(C)=O)c(C)c2)cc1C. The third-order valence-corrected chi connectivity index (χ3v) is 5.17. The van der Waals surface area contributed by atoms with Crippen LogP contribution >= 0.6 is 0 Å². The van der Waals surface area contributed by atoms with Crippen molar-refractivity contribution in [3.63, 3.8) is 0 Å². The van der Waals surface area contributed by atoms with E-state index in [2.05, 4.69) is 0 Å². The van der Waals surface area contributed by atoms with E-state index in [0.717, 1.165) is 0 Å². The number of esters is 2. The third-order valence-electron chi connectivity index (χ3n) is 3.42. The second-order valence-electron chi connectivity index (χ2n) is 5.55. The molecule has 0 aliphatic rings. The van der Waals surface area contributed by atoms with Crippen molar-refractivity contribution in [1.82, 2.24) is 0 Å². The molecule has 0 N–H and O–H groups in total. The number of hydrogen-bond donors (Lipinski definition) is 0. The van der Waals surface area contributed by atoms with Crippen LogP contribution in [0, 0.1) is 13.8 Å². The van der Waals surface area contributed by atoms with E-state index in [-0.39, 0.29) is 9.79 Å². The molecule has 0 saturated carbocycles. The molecule has 0 amide bonds. The first-order chi connectivity index (χ1) is 11.6. The predicted molar refractivity (Wildman–Crippen MR) is 90.4 cm³/mol. The minimum atomic E-state index is -3.76. The van der Waals surface area contributed by atoms with Gasteiger partial charge in [-0.1, -0.05) is 0 Å². The normalized spacial score (nSPS) is 11.0. The molecule has 2 rings (SSSR count). The molecule has 0 bridgehead atoms. The van der Waals surface area contributed by atoms with E-state index in [1.165, 1.54) is 50.2 Å². The lowest BCUT2D eigenvalue weighted by atomic mass is 10.2. The van der Waals surface area contributed by atoms with Crippen molar-refractivity contribution >= 4 is 21.8 Å². The van der Waals surface area contributed by atoms with E-state index < -0.39 is 21.8 Å². The molecule has 6 nitrogen and oxygen atoms in total. The van der Waals surface area contributed by atoms with E-state index in [0.29, 0.717) is 22.6 Å². The molecule has 0 aromatic heterocycles. The number of benzene rings is 2. The lowest BCUT2D eigenvalue weighted by Gasteiger charge is -2.11. The van der Waals surface area contributed by atoms with Gasteiger partial charge in [-0.3, -0.25) is 9.59 Å². The van der Waals surface area contributed by atoms with Gasteiger partial charge in [0.25, 0.3) is 0 Å². The molecule has 25 heavy (non-hydrogen) atoms. The fraction of sp³-hybridized carbons (Fsp3) is 0.222. The first-order valence-corrected chi connectivity index (χ1v) is 8.93. The summed E-state index contributed by atoms with van der Waals surface area (Å²) >= 11 is 0. The van der Waals surface area contributed by atoms with Crippen LogP contribution in [0.5, 0.6) is 11.5 Å². The van der Waals surface area contributed by atoms with Crippen LogP contribution < -0.4 is 9.47 Å². The van der Waals surface area contributed by atoms with Crippen molar-refractivity contribution in [2.45, 2.75) is 37.5 Å². The van der Waals surface area contributed by atoms with Gasteiger partial charge in [-0.15, -0.1) is 0 Å². The summed E-state index contributed by atoms with van der Waals surface area (Å²) in [6, 6.07) is 8.56. The Labute approximate surface area is 146 Å². The Kier molecular flexibility index (Phi) is 5.27. The number of ether oxygens (including phenoxy) is 2. The van der Waals surface area contributed by atoms with Crippen molar-refractivity contribution in [3.8, 4) is 11.5 Å². The Bertz CT molecular complexity index is 873. The van der Waals surface area contributed by atoms with E-state index in [9.17, 15) is 18.0 Å². The maximum atomic E-state index is 12.8. The number of carbonyl (C=O) groups is 2. The van der Waals surface area contributed by atoms with E-state index in [4.69, 9.17) is 9.47 Å². The zero-order valence-corrected chi connectivity index (χ0v) is 15.1. The average Bonchev–Trinajstić information content (AvgIpc) is 2.50. The monoisotopic (exact) mass is 362 g/mol. The smallest absolute Gasteiger partial charge is 0.308 e. The van der Waals surface area contributed by atoms with Gasteiger partial charge < -0.3 is 9.47 Å². The van der Waals surface area contributed by atoms with Crippen molar-refractivity contribution in [2.75, 3.05) is 0 Å². The van der Waals surface area contributed by atoms with Crippen molar-refractivity contribution < 1.29 is 27.5 Å². The third kappa shape index (κ3) is 4.24. The molecule has 0 unspecified atom stereocenters. The first kappa shape index (κ1) is 18.7. The van der Waals surface area contributed by atoms with Gasteiger partial charge in [0.1, 0.15) is 11.5 Å². The molecule has 0 aliphatic heterocycles. The number of sulfone groups is 1. The molecule has 132 valence electrons. The molecule has 2 aromatic rings. The summed E-state index contributed by atoms with van der Waals surface area (Å²) in [5.74, 6) is -0.327. The molecule has 0 saturated heterocycles. The molecule has 0 spiro atoms. The number of rotatable bonds is 4. The van der Waals surface area contributed by atoms with Crippen LogP contribution in [-0.2, 0) is 19.4 Å². The maximum absolute atomic E-state index is 12.8. The highest BCUT2D eigenvalue weighted by Crippen LogP contribution is 2.29. The second-order valence-corrected chi connectivity index (χ2v) is 7.50. The molecule has 0 radical (unpaired) electrons. The zero-order chi connectivity index (χ0) is 18.8. The lowest BCUT2D eigenvalue weighted by Crippen LogP contribution is -2.07. The minimum Gasteiger partial charge on any atom is -0.426 e. The molecule has 0 heterocycles. The second kappa shape index (κ2) is 7.06. The Hall–Kier alpha value is -2.67. The van der Waals surface area contributed by atoms with Crippen LogP contribution in [-0.4, -0.2) is 20.4 Å². The summed E-state index contributed by atoms with van der Waals surface area (Å²) in [5, 5.41) is 0. The van der Waals surface area contributed by atoms with Gasteiger partial charge in [0.15, 0.2) is 0 Å². The van der Waals surface area contributed by atoms with Gasteiger partial charge in [0.05, 0.1) is 9.79 Å². The molecule has 2 aromatic carbocycles. The Morgan fingerprint density at radius 1 is 0.760 bits per heavy atom. The predicted octanol–water partition coefficient (Wildman–Crippen LogP) is 2.99. The average molecular weight is 362 g/mol. The van der Waals surface area contributed by atoms with Gasteiger partial charge in [0.2, 0.25) is 9.84 Å². The Morgan fingerprint density at radius 2 is 1.12 bits per heavy atom. The molecule has 7 heteroatoms. The summed E-state index contributed by atoms with van der Waals surface area (Å²) in [7, 11) is -3.76. The van der Waals surface area contributed by atoms with Crippen LogP contribution in [0.1, 0.15) is 25.0 Å². The highest BCUT2D eigenvalue weighted by atomic mass is 32.2. The quantitative estimate of drug-likeness (QED) is 0.614. The Balaban J connectivity index is 2.42. The fourth-order valence-corrected chi connectivity index (χ4v) is 3.68. The standard InChI is InChI=1S/C18H18O6S/c1-11-9-15(5-7-17(11)23-13(3)19)25(21,22)16-6-8-18(12(2)10-16)24-14(4)20/h5-10H,1-4H3. The van der Waals surface area contributed by atoms with E-state index >= 15 is 0 Å². The number of carbonyl (C=O) groups excluding carboxylic acids is 2. The van der Waals surface area contributed by atoms with E-state index in [1.807, 2.05) is 0 Å². The van der Waals surface area contributed by atoms with Crippen LogP contribution in [0.4, 0.5) is 0 Å². The highest BCUT2D eigenvalue weighted by Gasteiger charge is 2.20. The maximum Gasteiger partial charge on any atom is 0.308 e. The Morgan fingerprint density at radius 3 is 1.40 bits per heavy atom. The van der Waals surface area contributed by atoms with Gasteiger partial charge in [-0.05, 0) is 61.4 Å². The van der Waals surface area contributed by atoms with Crippen molar-refractivity contribution in [3.05, 3.63) is 47.5 Å². The van der Waals surface area contributed by atoms with Crippen LogP contribution in [0.2, 0.25) is 0 Å². The zero-order valence-electron chi connectivity index (χ0n) is 14.3. The van der Waals surface area contributed by atoms with Gasteiger partial charge in [0, 0.05) is 13.8 Å². The summed E-state index contributed by atoms with van der Waals surface area (Å²) < 4.78 is 35.6. The van der Waals surface area contributed by atoms with Gasteiger partial charge in [-0.25, -0.2) is 8.42 Å². The molecule has 0 atom stereocenters. The van der Waals surface area contributed by atoms with Crippen molar-refractivity contribution in [1.29, 1.82) is 0 Å². The van der Waals surface area contributed by atoms with Crippen LogP contribution in [0.25, 0.3) is 0 Å².